The second kappa shape index (κ2) is 5.31. The predicted octanol–water partition coefficient (Wildman–Crippen LogP) is 4.71. The molecule has 0 amide bonds. The van der Waals surface area contributed by atoms with E-state index < -0.39 is 0 Å². The Morgan fingerprint density at radius 1 is 1.05 bits per heavy atom. The lowest BCUT2D eigenvalue weighted by Crippen LogP contribution is -1.92. The largest absolute Gasteiger partial charge is 0.457 e. The number of alkyl halides is 1. The highest BCUT2D eigenvalue weighted by Crippen LogP contribution is 2.37. The Kier molecular flexibility index (Phi) is 3.53. The monoisotopic (exact) mass is 340 g/mol. The van der Waals surface area contributed by atoms with Crippen molar-refractivity contribution < 1.29 is 14.2 Å². The van der Waals surface area contributed by atoms with Gasteiger partial charge in [0.1, 0.15) is 11.5 Å². The molecule has 98 valence electrons. The highest BCUT2D eigenvalue weighted by Gasteiger charge is 2.14. The minimum atomic E-state index is 0.259. The molecular formula is C14H10BrClO3. The maximum Gasteiger partial charge on any atom is 0.231 e. The zero-order valence-electron chi connectivity index (χ0n) is 9.86. The van der Waals surface area contributed by atoms with Crippen LogP contribution in [0.25, 0.3) is 0 Å². The van der Waals surface area contributed by atoms with Gasteiger partial charge in [-0.3, -0.25) is 0 Å². The van der Waals surface area contributed by atoms with E-state index in [1.54, 1.807) is 0 Å². The van der Waals surface area contributed by atoms with E-state index in [2.05, 4.69) is 15.9 Å². The Balaban J connectivity index is 1.83. The van der Waals surface area contributed by atoms with Crippen LogP contribution in [0.15, 0.2) is 40.9 Å². The Morgan fingerprint density at radius 2 is 1.79 bits per heavy atom. The molecule has 0 aliphatic carbocycles. The highest BCUT2D eigenvalue weighted by molar-refractivity contribution is 9.10. The first-order chi connectivity index (χ1) is 9.26. The quantitative estimate of drug-likeness (QED) is 0.757. The first-order valence-electron chi connectivity index (χ1n) is 5.68. The number of fused-ring (bicyclic) bond motifs is 1. The molecule has 1 aliphatic heterocycles. The molecule has 1 aliphatic rings. The van der Waals surface area contributed by atoms with E-state index in [4.69, 9.17) is 25.8 Å². The second-order valence-corrected chi connectivity index (χ2v) is 5.13. The third kappa shape index (κ3) is 2.65. The van der Waals surface area contributed by atoms with E-state index >= 15 is 0 Å². The molecule has 0 bridgehead atoms. The van der Waals surface area contributed by atoms with Crippen LogP contribution >= 0.6 is 27.5 Å². The summed E-state index contributed by atoms with van der Waals surface area (Å²) in [5.74, 6) is 3.35. The van der Waals surface area contributed by atoms with Crippen LogP contribution in [0.1, 0.15) is 5.56 Å². The molecule has 0 saturated carbocycles. The molecule has 0 fully saturated rings. The smallest absolute Gasteiger partial charge is 0.231 e. The third-order valence-electron chi connectivity index (χ3n) is 2.75. The van der Waals surface area contributed by atoms with Crippen LogP contribution in [0.4, 0.5) is 0 Å². The zero-order chi connectivity index (χ0) is 13.2. The van der Waals surface area contributed by atoms with Crippen LogP contribution in [-0.4, -0.2) is 6.79 Å². The number of hydrogen-bond donors (Lipinski definition) is 0. The average molecular weight is 342 g/mol. The summed E-state index contributed by atoms with van der Waals surface area (Å²) in [5.41, 5.74) is 1.03. The SMILES string of the molecule is ClCc1ccc(Oc2ccc3c(c2)OCO3)cc1Br. The highest BCUT2D eigenvalue weighted by atomic mass is 79.9. The van der Waals surface area contributed by atoms with Gasteiger partial charge in [-0.05, 0) is 29.8 Å². The van der Waals surface area contributed by atoms with E-state index in [1.807, 2.05) is 36.4 Å². The van der Waals surface area contributed by atoms with Gasteiger partial charge in [-0.1, -0.05) is 22.0 Å². The maximum atomic E-state index is 5.81. The number of hydrogen-bond acceptors (Lipinski definition) is 3. The molecule has 3 rings (SSSR count). The minimum Gasteiger partial charge on any atom is -0.457 e. The summed E-state index contributed by atoms with van der Waals surface area (Å²) in [6, 6.07) is 11.2. The van der Waals surface area contributed by atoms with Crippen molar-refractivity contribution in [2.24, 2.45) is 0 Å². The second-order valence-electron chi connectivity index (χ2n) is 4.00. The molecule has 0 radical (unpaired) electrons. The first-order valence-corrected chi connectivity index (χ1v) is 7.01. The summed E-state index contributed by atoms with van der Waals surface area (Å²) in [6.07, 6.45) is 0. The summed E-state index contributed by atoms with van der Waals surface area (Å²) in [7, 11) is 0. The molecule has 2 aromatic carbocycles. The first kappa shape index (κ1) is 12.6. The molecule has 0 spiro atoms. The van der Waals surface area contributed by atoms with E-state index in [0.717, 1.165) is 21.5 Å². The van der Waals surface area contributed by atoms with Gasteiger partial charge in [0.15, 0.2) is 11.5 Å². The van der Waals surface area contributed by atoms with E-state index in [1.165, 1.54) is 0 Å². The summed E-state index contributed by atoms with van der Waals surface area (Å²) in [6.45, 7) is 0.259. The summed E-state index contributed by atoms with van der Waals surface area (Å²) in [5, 5.41) is 0. The molecule has 2 aromatic rings. The van der Waals surface area contributed by atoms with E-state index in [9.17, 15) is 0 Å². The van der Waals surface area contributed by atoms with Crippen molar-refractivity contribution in [2.75, 3.05) is 6.79 Å². The van der Waals surface area contributed by atoms with Crippen LogP contribution in [0, 0.1) is 0 Å². The number of halogens is 2. The van der Waals surface area contributed by atoms with Crippen molar-refractivity contribution >= 4 is 27.5 Å². The fourth-order valence-electron chi connectivity index (χ4n) is 1.78. The topological polar surface area (TPSA) is 27.7 Å². The van der Waals surface area contributed by atoms with Gasteiger partial charge in [-0.25, -0.2) is 0 Å². The molecule has 5 heteroatoms. The maximum absolute atomic E-state index is 5.81. The van der Waals surface area contributed by atoms with Gasteiger partial charge in [0.05, 0.1) is 0 Å². The Morgan fingerprint density at radius 3 is 2.58 bits per heavy atom. The van der Waals surface area contributed by atoms with Crippen LogP contribution in [0.3, 0.4) is 0 Å². The van der Waals surface area contributed by atoms with Gasteiger partial charge in [-0.2, -0.15) is 0 Å². The Hall–Kier alpha value is -1.39. The summed E-state index contributed by atoms with van der Waals surface area (Å²) in [4.78, 5) is 0. The van der Waals surface area contributed by atoms with Crippen molar-refractivity contribution in [3.8, 4) is 23.0 Å². The summed E-state index contributed by atoms with van der Waals surface area (Å²) < 4.78 is 17.3. The van der Waals surface area contributed by atoms with E-state index in [-0.39, 0.29) is 6.79 Å². The van der Waals surface area contributed by atoms with Crippen LogP contribution in [0.5, 0.6) is 23.0 Å². The average Bonchev–Trinajstić information content (AvgIpc) is 2.86. The Labute approximate surface area is 124 Å². The third-order valence-corrected chi connectivity index (χ3v) is 3.77. The lowest BCUT2D eigenvalue weighted by molar-refractivity contribution is 0.174. The van der Waals surface area contributed by atoms with Gasteiger partial charge in [0, 0.05) is 16.4 Å². The molecule has 19 heavy (non-hydrogen) atoms. The van der Waals surface area contributed by atoms with Gasteiger partial charge in [0.25, 0.3) is 0 Å². The van der Waals surface area contributed by atoms with Crippen LogP contribution in [-0.2, 0) is 5.88 Å². The van der Waals surface area contributed by atoms with Crippen molar-refractivity contribution in [3.05, 3.63) is 46.4 Å². The molecular weight excluding hydrogens is 332 g/mol. The van der Waals surface area contributed by atoms with Crippen molar-refractivity contribution in [3.63, 3.8) is 0 Å². The number of rotatable bonds is 3. The molecule has 3 nitrogen and oxygen atoms in total. The molecule has 1 heterocycles. The normalized spacial score (nSPS) is 12.5. The van der Waals surface area contributed by atoms with Crippen LogP contribution in [0.2, 0.25) is 0 Å². The van der Waals surface area contributed by atoms with Crippen molar-refractivity contribution in [1.82, 2.24) is 0 Å². The lowest BCUT2D eigenvalue weighted by Gasteiger charge is -2.08. The fourth-order valence-corrected chi connectivity index (χ4v) is 2.67. The fraction of sp³-hybridized carbons (Fsp3) is 0.143. The molecule has 0 saturated heterocycles. The summed E-state index contributed by atoms with van der Waals surface area (Å²) >= 11 is 9.27. The Bertz CT molecular complexity index is 616. The zero-order valence-corrected chi connectivity index (χ0v) is 12.2. The minimum absolute atomic E-state index is 0.259. The van der Waals surface area contributed by atoms with Crippen molar-refractivity contribution in [2.45, 2.75) is 5.88 Å². The molecule has 0 aromatic heterocycles. The van der Waals surface area contributed by atoms with Crippen LogP contribution < -0.4 is 14.2 Å². The van der Waals surface area contributed by atoms with E-state index in [0.29, 0.717) is 17.4 Å². The lowest BCUT2D eigenvalue weighted by atomic mass is 10.2. The van der Waals surface area contributed by atoms with Gasteiger partial charge >= 0.3 is 0 Å². The van der Waals surface area contributed by atoms with Gasteiger partial charge in [0.2, 0.25) is 6.79 Å². The van der Waals surface area contributed by atoms with Crippen molar-refractivity contribution in [1.29, 1.82) is 0 Å². The standard InChI is InChI=1S/C14H10BrClO3/c15-12-5-10(2-1-9(12)7-16)19-11-3-4-13-14(6-11)18-8-17-13/h1-6H,7-8H2. The van der Waals surface area contributed by atoms with Gasteiger partial charge in [-0.15, -0.1) is 11.6 Å². The molecule has 0 atom stereocenters. The number of ether oxygens (including phenoxy) is 3. The van der Waals surface area contributed by atoms with Gasteiger partial charge < -0.3 is 14.2 Å². The predicted molar refractivity (Wildman–Crippen MR) is 76.3 cm³/mol. The number of benzene rings is 2. The molecule has 0 N–H and O–H groups in total. The molecule has 0 unspecified atom stereocenters.